The molecule has 148 valence electrons. The van der Waals surface area contributed by atoms with Gasteiger partial charge in [-0.3, -0.25) is 4.79 Å². The standard InChI is InChI=1S/C20H18N4O5/c1-28-18-10-13(6-8-17(18)29-12-14-11-21-24-23-14)7-9-19(25)22-16-5-3-2-4-15(16)20(26)27/h2-11H,12H2,1H3,(H,22,25)(H,26,27)(H,21,23,24). The van der Waals surface area contributed by atoms with Gasteiger partial charge in [0.05, 0.1) is 24.6 Å². The number of aromatic nitrogens is 3. The number of aromatic carboxylic acids is 1. The van der Waals surface area contributed by atoms with Gasteiger partial charge in [0.15, 0.2) is 11.5 Å². The molecular formula is C20H18N4O5. The van der Waals surface area contributed by atoms with Crippen LogP contribution in [0.25, 0.3) is 6.08 Å². The Morgan fingerprint density at radius 3 is 2.76 bits per heavy atom. The molecule has 0 aliphatic carbocycles. The number of hydrogen-bond acceptors (Lipinski definition) is 6. The molecule has 0 atom stereocenters. The summed E-state index contributed by atoms with van der Waals surface area (Å²) in [5.74, 6) is -0.556. The molecule has 9 heteroatoms. The number of carboxylic acids is 1. The summed E-state index contributed by atoms with van der Waals surface area (Å²) in [5, 5.41) is 21.9. The topological polar surface area (TPSA) is 126 Å². The summed E-state index contributed by atoms with van der Waals surface area (Å²) in [5.41, 5.74) is 1.60. The number of ether oxygens (including phenoxy) is 2. The van der Waals surface area contributed by atoms with Crippen molar-refractivity contribution in [3.8, 4) is 11.5 Å². The highest BCUT2D eigenvalue weighted by molar-refractivity contribution is 6.06. The summed E-state index contributed by atoms with van der Waals surface area (Å²) < 4.78 is 11.0. The number of carbonyl (C=O) groups excluding carboxylic acids is 1. The summed E-state index contributed by atoms with van der Waals surface area (Å²) in [6.45, 7) is 0.230. The maximum absolute atomic E-state index is 12.2. The lowest BCUT2D eigenvalue weighted by Crippen LogP contribution is -2.11. The molecule has 1 aromatic heterocycles. The second-order valence-electron chi connectivity index (χ2n) is 5.83. The molecule has 0 spiro atoms. The van der Waals surface area contributed by atoms with Gasteiger partial charge in [-0.2, -0.15) is 15.4 Å². The highest BCUT2D eigenvalue weighted by Crippen LogP contribution is 2.29. The average molecular weight is 394 g/mol. The molecule has 3 N–H and O–H groups in total. The van der Waals surface area contributed by atoms with Crippen LogP contribution in [0.1, 0.15) is 21.6 Å². The molecule has 0 saturated carbocycles. The first-order chi connectivity index (χ1) is 14.1. The monoisotopic (exact) mass is 394 g/mol. The number of rotatable bonds is 8. The van der Waals surface area contributed by atoms with Crippen LogP contribution in [0.2, 0.25) is 0 Å². The molecule has 0 radical (unpaired) electrons. The van der Waals surface area contributed by atoms with E-state index in [1.54, 1.807) is 42.6 Å². The summed E-state index contributed by atoms with van der Waals surface area (Å²) in [6.07, 6.45) is 4.46. The van der Waals surface area contributed by atoms with Crippen molar-refractivity contribution in [2.24, 2.45) is 0 Å². The minimum Gasteiger partial charge on any atom is -0.493 e. The molecule has 0 unspecified atom stereocenters. The number of para-hydroxylation sites is 1. The minimum atomic E-state index is -1.11. The first kappa shape index (κ1) is 19.6. The summed E-state index contributed by atoms with van der Waals surface area (Å²) in [4.78, 5) is 23.4. The Morgan fingerprint density at radius 2 is 2.03 bits per heavy atom. The third-order valence-electron chi connectivity index (χ3n) is 3.87. The number of anilines is 1. The summed E-state index contributed by atoms with van der Waals surface area (Å²) in [6, 6.07) is 11.4. The Labute approximate surface area is 166 Å². The molecule has 29 heavy (non-hydrogen) atoms. The highest BCUT2D eigenvalue weighted by Gasteiger charge is 2.10. The lowest BCUT2D eigenvalue weighted by molar-refractivity contribution is -0.111. The highest BCUT2D eigenvalue weighted by atomic mass is 16.5. The van der Waals surface area contributed by atoms with Crippen molar-refractivity contribution in [3.05, 3.63) is 71.6 Å². The second-order valence-corrected chi connectivity index (χ2v) is 5.83. The van der Waals surface area contributed by atoms with Crippen molar-refractivity contribution >= 4 is 23.6 Å². The molecule has 0 aliphatic heterocycles. The number of benzene rings is 2. The minimum absolute atomic E-state index is 0.0181. The Kier molecular flexibility index (Phi) is 6.21. The summed E-state index contributed by atoms with van der Waals surface area (Å²) in [7, 11) is 1.52. The van der Waals surface area contributed by atoms with Gasteiger partial charge in [0.2, 0.25) is 5.91 Å². The predicted molar refractivity (Wildman–Crippen MR) is 105 cm³/mol. The Hall–Kier alpha value is -4.14. The summed E-state index contributed by atoms with van der Waals surface area (Å²) >= 11 is 0. The van der Waals surface area contributed by atoms with Crippen LogP contribution in [0.3, 0.4) is 0 Å². The van der Waals surface area contributed by atoms with Crippen molar-refractivity contribution in [2.45, 2.75) is 6.61 Å². The van der Waals surface area contributed by atoms with Crippen molar-refractivity contribution in [1.82, 2.24) is 15.4 Å². The van der Waals surface area contributed by atoms with Gasteiger partial charge in [0.25, 0.3) is 0 Å². The van der Waals surface area contributed by atoms with E-state index in [0.29, 0.717) is 22.8 Å². The lowest BCUT2D eigenvalue weighted by Gasteiger charge is -2.10. The van der Waals surface area contributed by atoms with Crippen molar-refractivity contribution in [3.63, 3.8) is 0 Å². The molecule has 0 fully saturated rings. The zero-order valence-corrected chi connectivity index (χ0v) is 15.5. The predicted octanol–water partition coefficient (Wildman–Crippen LogP) is 2.74. The smallest absolute Gasteiger partial charge is 0.337 e. The number of nitrogens with zero attached hydrogens (tertiary/aromatic N) is 2. The molecule has 0 saturated heterocycles. The molecule has 3 aromatic rings. The number of nitrogens with one attached hydrogen (secondary N) is 2. The molecule has 0 aliphatic rings. The van der Waals surface area contributed by atoms with Crippen molar-refractivity contribution in [1.29, 1.82) is 0 Å². The number of carboxylic acid groups (broad SMARTS) is 1. The first-order valence-electron chi connectivity index (χ1n) is 8.53. The molecule has 3 rings (SSSR count). The zero-order valence-electron chi connectivity index (χ0n) is 15.5. The first-order valence-corrected chi connectivity index (χ1v) is 8.53. The lowest BCUT2D eigenvalue weighted by atomic mass is 10.1. The van der Waals surface area contributed by atoms with Crippen LogP contribution in [0, 0.1) is 0 Å². The van der Waals surface area contributed by atoms with Crippen LogP contribution in [0.4, 0.5) is 5.69 Å². The van der Waals surface area contributed by atoms with E-state index in [1.165, 1.54) is 25.3 Å². The van der Waals surface area contributed by atoms with Gasteiger partial charge < -0.3 is 19.9 Å². The van der Waals surface area contributed by atoms with Gasteiger partial charge in [-0.25, -0.2) is 4.79 Å². The van der Waals surface area contributed by atoms with E-state index in [1.807, 2.05) is 0 Å². The van der Waals surface area contributed by atoms with E-state index >= 15 is 0 Å². The van der Waals surface area contributed by atoms with Gasteiger partial charge in [-0.05, 0) is 35.9 Å². The van der Waals surface area contributed by atoms with E-state index < -0.39 is 11.9 Å². The molecule has 9 nitrogen and oxygen atoms in total. The number of amides is 1. The van der Waals surface area contributed by atoms with Crippen molar-refractivity contribution in [2.75, 3.05) is 12.4 Å². The third kappa shape index (κ3) is 5.19. The maximum Gasteiger partial charge on any atom is 0.337 e. The fourth-order valence-corrected chi connectivity index (χ4v) is 2.48. The van der Waals surface area contributed by atoms with Crippen molar-refractivity contribution < 1.29 is 24.2 Å². The van der Waals surface area contributed by atoms with Crippen LogP contribution in [-0.4, -0.2) is 39.5 Å². The number of aromatic amines is 1. The van der Waals surface area contributed by atoms with Crippen LogP contribution in [0.15, 0.2) is 54.7 Å². The zero-order chi connectivity index (χ0) is 20.6. The van der Waals surface area contributed by atoms with Gasteiger partial charge in [-0.1, -0.05) is 18.2 Å². The third-order valence-corrected chi connectivity index (χ3v) is 3.87. The van der Waals surface area contributed by atoms with Crippen LogP contribution in [-0.2, 0) is 11.4 Å². The average Bonchev–Trinajstić information content (AvgIpc) is 3.25. The van der Waals surface area contributed by atoms with Gasteiger partial charge in [0, 0.05) is 6.08 Å². The molecule has 1 amide bonds. The van der Waals surface area contributed by atoms with E-state index in [-0.39, 0.29) is 17.9 Å². The Bertz CT molecular complexity index is 1030. The number of carbonyl (C=O) groups is 2. The van der Waals surface area contributed by atoms with Crippen LogP contribution < -0.4 is 14.8 Å². The SMILES string of the molecule is COc1cc(C=CC(=O)Nc2ccccc2C(=O)O)ccc1OCc1cn[nH]n1. The fourth-order valence-electron chi connectivity index (χ4n) is 2.48. The fraction of sp³-hybridized carbons (Fsp3) is 0.100. The van der Waals surface area contributed by atoms with E-state index in [9.17, 15) is 14.7 Å². The molecule has 1 heterocycles. The number of hydrogen-bond donors (Lipinski definition) is 3. The van der Waals surface area contributed by atoms with E-state index in [0.717, 1.165) is 0 Å². The molecule has 0 bridgehead atoms. The van der Waals surface area contributed by atoms with Crippen LogP contribution in [0.5, 0.6) is 11.5 Å². The molecular weight excluding hydrogens is 376 g/mol. The molecule has 2 aromatic carbocycles. The quantitative estimate of drug-likeness (QED) is 0.501. The van der Waals surface area contributed by atoms with E-state index in [4.69, 9.17) is 9.47 Å². The normalized spacial score (nSPS) is 10.7. The van der Waals surface area contributed by atoms with Crippen LogP contribution >= 0.6 is 0 Å². The van der Waals surface area contributed by atoms with Gasteiger partial charge in [0.1, 0.15) is 12.3 Å². The Morgan fingerprint density at radius 1 is 1.21 bits per heavy atom. The second kappa shape index (κ2) is 9.18. The number of H-pyrrole nitrogens is 1. The number of methoxy groups -OCH3 is 1. The van der Waals surface area contributed by atoms with Gasteiger partial charge in [-0.15, -0.1) is 0 Å². The van der Waals surface area contributed by atoms with E-state index in [2.05, 4.69) is 20.7 Å². The van der Waals surface area contributed by atoms with Gasteiger partial charge >= 0.3 is 5.97 Å². The largest absolute Gasteiger partial charge is 0.493 e. The maximum atomic E-state index is 12.2. The Balaban J connectivity index is 1.67.